The SMILES string of the molecule is O=C(/C=C/c1ccc(Cl)cc1)N(Cc1ccc(F)cc1)[C@@H]1CCS(=O)(=O)C1. The predicted molar refractivity (Wildman–Crippen MR) is 104 cm³/mol. The molecule has 0 N–H and O–H groups in total. The van der Waals surface area contributed by atoms with Crippen LogP contribution in [0.1, 0.15) is 17.5 Å². The highest BCUT2D eigenvalue weighted by atomic mass is 35.5. The van der Waals surface area contributed by atoms with Gasteiger partial charge in [-0.1, -0.05) is 35.9 Å². The van der Waals surface area contributed by atoms with Gasteiger partial charge in [-0.05, 0) is 47.9 Å². The topological polar surface area (TPSA) is 54.5 Å². The molecule has 2 aromatic carbocycles. The minimum absolute atomic E-state index is 0.0469. The number of amides is 1. The summed E-state index contributed by atoms with van der Waals surface area (Å²) < 4.78 is 36.9. The lowest BCUT2D eigenvalue weighted by molar-refractivity contribution is -0.128. The highest BCUT2D eigenvalue weighted by Crippen LogP contribution is 2.21. The molecule has 27 heavy (non-hydrogen) atoms. The van der Waals surface area contributed by atoms with Gasteiger partial charge in [-0.3, -0.25) is 4.79 Å². The molecule has 1 fully saturated rings. The van der Waals surface area contributed by atoms with Gasteiger partial charge in [0.2, 0.25) is 5.91 Å². The summed E-state index contributed by atoms with van der Waals surface area (Å²) in [4.78, 5) is 14.3. The van der Waals surface area contributed by atoms with Gasteiger partial charge in [-0.25, -0.2) is 12.8 Å². The van der Waals surface area contributed by atoms with E-state index < -0.39 is 9.84 Å². The molecule has 7 heteroatoms. The molecule has 0 aromatic heterocycles. The molecule has 2 aromatic rings. The number of rotatable bonds is 5. The number of hydrogen-bond donors (Lipinski definition) is 0. The van der Waals surface area contributed by atoms with Crippen LogP contribution in [0.3, 0.4) is 0 Å². The summed E-state index contributed by atoms with van der Waals surface area (Å²) in [6, 6.07) is 12.5. The number of hydrogen-bond acceptors (Lipinski definition) is 3. The van der Waals surface area contributed by atoms with Crippen molar-refractivity contribution in [3.8, 4) is 0 Å². The molecule has 0 spiro atoms. The van der Waals surface area contributed by atoms with E-state index in [1.54, 1.807) is 47.4 Å². The Kier molecular flexibility index (Phi) is 5.97. The van der Waals surface area contributed by atoms with Gasteiger partial charge in [-0.15, -0.1) is 0 Å². The maximum atomic E-state index is 13.1. The smallest absolute Gasteiger partial charge is 0.247 e. The van der Waals surface area contributed by atoms with E-state index in [-0.39, 0.29) is 35.8 Å². The van der Waals surface area contributed by atoms with Gasteiger partial charge in [0.25, 0.3) is 0 Å². The second kappa shape index (κ2) is 8.23. The highest BCUT2D eigenvalue weighted by Gasteiger charge is 2.34. The van der Waals surface area contributed by atoms with Crippen molar-refractivity contribution >= 4 is 33.4 Å². The molecular formula is C20H19ClFNO3S. The van der Waals surface area contributed by atoms with Crippen LogP contribution in [0.5, 0.6) is 0 Å². The third-order valence-electron chi connectivity index (χ3n) is 4.49. The standard InChI is InChI=1S/C20H19ClFNO3S/c21-17-6-1-15(2-7-17)5-10-20(24)23(19-11-12-27(25,26)14-19)13-16-3-8-18(22)9-4-16/h1-10,19H,11-14H2/b10-5+/t19-/m1/s1. The number of sulfone groups is 1. The summed E-state index contributed by atoms with van der Waals surface area (Å²) in [6.45, 7) is 0.226. The third kappa shape index (κ3) is 5.40. The van der Waals surface area contributed by atoms with E-state index in [4.69, 9.17) is 11.6 Å². The van der Waals surface area contributed by atoms with Gasteiger partial charge in [-0.2, -0.15) is 0 Å². The van der Waals surface area contributed by atoms with Crippen molar-refractivity contribution in [2.45, 2.75) is 19.0 Å². The Bertz CT molecular complexity index is 940. The molecule has 0 unspecified atom stereocenters. The normalized spacial score (nSPS) is 18.7. The first-order valence-electron chi connectivity index (χ1n) is 8.51. The fourth-order valence-electron chi connectivity index (χ4n) is 3.03. The van der Waals surface area contributed by atoms with Crippen molar-refractivity contribution in [2.75, 3.05) is 11.5 Å². The monoisotopic (exact) mass is 407 g/mol. The van der Waals surface area contributed by atoms with E-state index in [1.165, 1.54) is 18.2 Å². The third-order valence-corrected chi connectivity index (χ3v) is 6.49. The number of carbonyl (C=O) groups excluding carboxylic acids is 1. The van der Waals surface area contributed by atoms with Gasteiger partial charge in [0.15, 0.2) is 9.84 Å². The zero-order valence-electron chi connectivity index (χ0n) is 14.5. The van der Waals surface area contributed by atoms with Crippen LogP contribution in [0, 0.1) is 5.82 Å². The molecule has 1 saturated heterocycles. The second-order valence-corrected chi connectivity index (χ2v) is 9.20. The van der Waals surface area contributed by atoms with Crippen molar-refractivity contribution in [3.05, 3.63) is 76.6 Å². The van der Waals surface area contributed by atoms with Gasteiger partial charge in [0.1, 0.15) is 5.82 Å². The number of carbonyl (C=O) groups is 1. The molecule has 1 amide bonds. The van der Waals surface area contributed by atoms with Crippen LogP contribution in [0.2, 0.25) is 5.02 Å². The maximum Gasteiger partial charge on any atom is 0.247 e. The quantitative estimate of drug-likeness (QED) is 0.710. The molecule has 0 saturated carbocycles. The fourth-order valence-corrected chi connectivity index (χ4v) is 4.89. The molecular weight excluding hydrogens is 389 g/mol. The summed E-state index contributed by atoms with van der Waals surface area (Å²) in [5, 5.41) is 0.604. The molecule has 1 heterocycles. The Hall–Kier alpha value is -2.18. The van der Waals surface area contributed by atoms with Crippen molar-refractivity contribution in [3.63, 3.8) is 0 Å². The fraction of sp³-hybridized carbons (Fsp3) is 0.250. The molecule has 0 aliphatic carbocycles. The zero-order valence-corrected chi connectivity index (χ0v) is 16.1. The Balaban J connectivity index is 1.80. The lowest BCUT2D eigenvalue weighted by Gasteiger charge is -2.27. The summed E-state index contributed by atoms with van der Waals surface area (Å²) in [5.74, 6) is -0.611. The first-order chi connectivity index (χ1) is 12.8. The molecule has 0 radical (unpaired) electrons. The van der Waals surface area contributed by atoms with Crippen LogP contribution in [-0.2, 0) is 21.2 Å². The minimum atomic E-state index is -3.14. The number of halogens is 2. The van der Waals surface area contributed by atoms with Crippen molar-refractivity contribution in [1.82, 2.24) is 4.90 Å². The summed E-state index contributed by atoms with van der Waals surface area (Å²) in [7, 11) is -3.14. The Morgan fingerprint density at radius 2 is 1.81 bits per heavy atom. The summed E-state index contributed by atoms with van der Waals surface area (Å²) in [5.41, 5.74) is 1.56. The number of benzene rings is 2. The Labute approximate surface area is 163 Å². The van der Waals surface area contributed by atoms with Crippen LogP contribution >= 0.6 is 11.6 Å². The molecule has 1 aliphatic heterocycles. The van der Waals surface area contributed by atoms with Crippen LogP contribution in [0.15, 0.2) is 54.6 Å². The van der Waals surface area contributed by atoms with E-state index in [0.717, 1.165) is 11.1 Å². The van der Waals surface area contributed by atoms with Crippen molar-refractivity contribution in [1.29, 1.82) is 0 Å². The molecule has 1 aliphatic rings. The summed E-state index contributed by atoms with van der Waals surface area (Å²) >= 11 is 5.86. The zero-order chi connectivity index (χ0) is 19.4. The molecule has 3 rings (SSSR count). The average molecular weight is 408 g/mol. The van der Waals surface area contributed by atoms with E-state index in [0.29, 0.717) is 11.4 Å². The Morgan fingerprint density at radius 1 is 1.15 bits per heavy atom. The van der Waals surface area contributed by atoms with Crippen molar-refractivity contribution in [2.24, 2.45) is 0 Å². The first kappa shape index (κ1) is 19.6. The van der Waals surface area contributed by atoms with E-state index in [1.807, 2.05) is 0 Å². The van der Waals surface area contributed by atoms with Gasteiger partial charge in [0.05, 0.1) is 11.5 Å². The second-order valence-electron chi connectivity index (χ2n) is 6.53. The minimum Gasteiger partial charge on any atom is -0.331 e. The van der Waals surface area contributed by atoms with E-state index in [9.17, 15) is 17.6 Å². The van der Waals surface area contributed by atoms with Crippen LogP contribution in [-0.4, -0.2) is 36.8 Å². The van der Waals surface area contributed by atoms with Crippen LogP contribution < -0.4 is 0 Å². The molecule has 0 bridgehead atoms. The van der Waals surface area contributed by atoms with Gasteiger partial charge in [0, 0.05) is 23.7 Å². The lowest BCUT2D eigenvalue weighted by Crippen LogP contribution is -2.39. The largest absolute Gasteiger partial charge is 0.331 e. The first-order valence-corrected chi connectivity index (χ1v) is 10.7. The van der Waals surface area contributed by atoms with E-state index in [2.05, 4.69) is 0 Å². The molecule has 4 nitrogen and oxygen atoms in total. The van der Waals surface area contributed by atoms with E-state index >= 15 is 0 Å². The maximum absolute atomic E-state index is 13.1. The molecule has 142 valence electrons. The lowest BCUT2D eigenvalue weighted by atomic mass is 10.1. The van der Waals surface area contributed by atoms with Gasteiger partial charge < -0.3 is 4.90 Å². The predicted octanol–water partition coefficient (Wildman–Crippen LogP) is 3.71. The molecule has 1 atom stereocenters. The Morgan fingerprint density at radius 3 is 2.41 bits per heavy atom. The van der Waals surface area contributed by atoms with Crippen molar-refractivity contribution < 1.29 is 17.6 Å². The number of nitrogens with zero attached hydrogens (tertiary/aromatic N) is 1. The van der Waals surface area contributed by atoms with Crippen LogP contribution in [0.4, 0.5) is 4.39 Å². The highest BCUT2D eigenvalue weighted by molar-refractivity contribution is 7.91. The average Bonchev–Trinajstić information content (AvgIpc) is 3.00. The summed E-state index contributed by atoms with van der Waals surface area (Å²) in [6.07, 6.45) is 3.50. The van der Waals surface area contributed by atoms with Crippen LogP contribution in [0.25, 0.3) is 6.08 Å². The van der Waals surface area contributed by atoms with Gasteiger partial charge >= 0.3 is 0 Å².